The Labute approximate surface area is 161 Å². The number of esters is 1. The molecule has 0 unspecified atom stereocenters. The first-order valence-corrected chi connectivity index (χ1v) is 8.66. The number of urea groups is 1. The molecule has 0 fully saturated rings. The van der Waals surface area contributed by atoms with Crippen LogP contribution >= 0.6 is 11.6 Å². The number of primary amides is 1. The fraction of sp³-hybridized carbons (Fsp3) is 0.150. The van der Waals surface area contributed by atoms with Gasteiger partial charge in [-0.25, -0.2) is 14.6 Å². The second kappa shape index (κ2) is 8.05. The van der Waals surface area contributed by atoms with Gasteiger partial charge in [0.25, 0.3) is 0 Å². The van der Waals surface area contributed by atoms with E-state index in [0.717, 1.165) is 22.0 Å². The van der Waals surface area contributed by atoms with E-state index in [0.29, 0.717) is 22.8 Å². The number of carbonyl (C=O) groups excluding carboxylic acids is 2. The van der Waals surface area contributed by atoms with E-state index in [4.69, 9.17) is 22.1 Å². The summed E-state index contributed by atoms with van der Waals surface area (Å²) in [4.78, 5) is 27.5. The maximum absolute atomic E-state index is 12.3. The van der Waals surface area contributed by atoms with Gasteiger partial charge >= 0.3 is 12.0 Å². The summed E-state index contributed by atoms with van der Waals surface area (Å²) in [5.74, 6) is -0.479. The first-order chi connectivity index (χ1) is 13.0. The highest BCUT2D eigenvalue weighted by Crippen LogP contribution is 2.27. The molecule has 0 radical (unpaired) electrons. The number of pyridine rings is 1. The van der Waals surface area contributed by atoms with Crippen LogP contribution in [-0.2, 0) is 17.9 Å². The minimum absolute atomic E-state index is 0.0195. The predicted molar refractivity (Wildman–Crippen MR) is 103 cm³/mol. The van der Waals surface area contributed by atoms with Crippen LogP contribution in [0.2, 0.25) is 5.02 Å². The van der Waals surface area contributed by atoms with Gasteiger partial charge in [-0.15, -0.1) is 0 Å². The molecule has 1 aromatic heterocycles. The molecule has 0 aliphatic carbocycles. The first kappa shape index (κ1) is 18.7. The Morgan fingerprint density at radius 3 is 2.56 bits per heavy atom. The van der Waals surface area contributed by atoms with Crippen molar-refractivity contribution in [1.82, 2.24) is 10.3 Å². The van der Waals surface area contributed by atoms with Crippen molar-refractivity contribution in [2.45, 2.75) is 20.1 Å². The Balaban J connectivity index is 1.69. The van der Waals surface area contributed by atoms with Crippen molar-refractivity contribution in [3.63, 3.8) is 0 Å². The van der Waals surface area contributed by atoms with Gasteiger partial charge in [0.1, 0.15) is 6.61 Å². The van der Waals surface area contributed by atoms with Crippen molar-refractivity contribution in [3.8, 4) is 0 Å². The van der Waals surface area contributed by atoms with Crippen molar-refractivity contribution < 1.29 is 14.3 Å². The summed E-state index contributed by atoms with van der Waals surface area (Å²) in [6.45, 7) is 2.19. The van der Waals surface area contributed by atoms with Crippen LogP contribution in [0.25, 0.3) is 10.9 Å². The number of hydrogen-bond donors (Lipinski definition) is 2. The normalized spacial score (nSPS) is 10.6. The number of para-hydroxylation sites is 1. The Kier molecular flexibility index (Phi) is 5.57. The second-order valence-electron chi connectivity index (χ2n) is 6.01. The molecular weight excluding hydrogens is 366 g/mol. The van der Waals surface area contributed by atoms with Gasteiger partial charge in [-0.05, 0) is 36.2 Å². The van der Waals surface area contributed by atoms with E-state index in [1.807, 2.05) is 31.2 Å². The number of fused-ring (bicyclic) bond motifs is 1. The average Bonchev–Trinajstić information content (AvgIpc) is 2.68. The summed E-state index contributed by atoms with van der Waals surface area (Å²) in [5, 5.41) is 3.95. The minimum atomic E-state index is -0.603. The molecule has 3 rings (SSSR count). The number of carbonyl (C=O) groups is 2. The molecule has 138 valence electrons. The molecule has 0 aliphatic heterocycles. The van der Waals surface area contributed by atoms with Crippen molar-refractivity contribution in [3.05, 3.63) is 75.9 Å². The molecular formula is C20H18ClN3O3. The number of hydrogen-bond acceptors (Lipinski definition) is 4. The summed E-state index contributed by atoms with van der Waals surface area (Å²) in [7, 11) is 0. The number of nitrogens with two attached hydrogens (primary N) is 1. The second-order valence-corrected chi connectivity index (χ2v) is 6.38. The summed E-state index contributed by atoms with van der Waals surface area (Å²) in [6.07, 6.45) is 0. The highest BCUT2D eigenvalue weighted by atomic mass is 35.5. The predicted octanol–water partition coefficient (Wildman–Crippen LogP) is 3.72. The molecule has 6 nitrogen and oxygen atoms in total. The Morgan fingerprint density at radius 1 is 1.15 bits per heavy atom. The first-order valence-electron chi connectivity index (χ1n) is 8.29. The molecule has 27 heavy (non-hydrogen) atoms. The number of rotatable bonds is 5. The van der Waals surface area contributed by atoms with Crippen LogP contribution in [0.5, 0.6) is 0 Å². The van der Waals surface area contributed by atoms with Gasteiger partial charge in [0.05, 0.1) is 21.8 Å². The molecule has 0 bridgehead atoms. The third-order valence-electron chi connectivity index (χ3n) is 4.14. The summed E-state index contributed by atoms with van der Waals surface area (Å²) in [5.41, 5.74) is 8.47. The van der Waals surface area contributed by atoms with E-state index >= 15 is 0 Å². The van der Waals surface area contributed by atoms with Gasteiger partial charge < -0.3 is 15.8 Å². The van der Waals surface area contributed by atoms with E-state index in [1.165, 1.54) is 0 Å². The zero-order chi connectivity index (χ0) is 19.4. The van der Waals surface area contributed by atoms with Gasteiger partial charge in [0.2, 0.25) is 0 Å². The molecule has 0 spiro atoms. The van der Waals surface area contributed by atoms with Crippen molar-refractivity contribution in [1.29, 1.82) is 0 Å². The lowest BCUT2D eigenvalue weighted by molar-refractivity contribution is 0.0468. The molecule has 2 amide bonds. The fourth-order valence-corrected chi connectivity index (χ4v) is 2.88. The maximum Gasteiger partial charge on any atom is 0.338 e. The monoisotopic (exact) mass is 383 g/mol. The SMILES string of the molecule is Cc1c(Cl)c(COC(=O)c2ccc(CNC(N)=O)cc2)nc2ccccc12. The molecule has 3 aromatic rings. The number of nitrogens with one attached hydrogen (secondary N) is 1. The molecule has 0 saturated heterocycles. The molecule has 1 heterocycles. The zero-order valence-electron chi connectivity index (χ0n) is 14.7. The van der Waals surface area contributed by atoms with Crippen LogP contribution in [0.4, 0.5) is 4.79 Å². The number of aromatic nitrogens is 1. The topological polar surface area (TPSA) is 94.3 Å². The van der Waals surface area contributed by atoms with Gasteiger partial charge in [-0.2, -0.15) is 0 Å². The number of nitrogens with zero attached hydrogens (tertiary/aromatic N) is 1. The Morgan fingerprint density at radius 2 is 1.85 bits per heavy atom. The van der Waals surface area contributed by atoms with Crippen LogP contribution in [-0.4, -0.2) is 17.0 Å². The van der Waals surface area contributed by atoms with Crippen molar-refractivity contribution in [2.75, 3.05) is 0 Å². The summed E-state index contributed by atoms with van der Waals surface area (Å²) in [6, 6.07) is 13.8. The van der Waals surface area contributed by atoms with Gasteiger partial charge in [-0.1, -0.05) is 41.9 Å². The Bertz CT molecular complexity index is 1000. The van der Waals surface area contributed by atoms with Gasteiger partial charge in [0, 0.05) is 11.9 Å². The number of ether oxygens (including phenoxy) is 1. The third-order valence-corrected chi connectivity index (χ3v) is 4.64. The summed E-state index contributed by atoms with van der Waals surface area (Å²) < 4.78 is 5.36. The Hall–Kier alpha value is -3.12. The maximum atomic E-state index is 12.3. The van der Waals surface area contributed by atoms with E-state index < -0.39 is 12.0 Å². The largest absolute Gasteiger partial charge is 0.456 e. The van der Waals surface area contributed by atoms with Crippen LogP contribution in [0.15, 0.2) is 48.5 Å². The number of amides is 2. The fourth-order valence-electron chi connectivity index (χ4n) is 2.68. The highest BCUT2D eigenvalue weighted by Gasteiger charge is 2.13. The van der Waals surface area contributed by atoms with Crippen LogP contribution in [0.1, 0.15) is 27.2 Å². The van der Waals surface area contributed by atoms with E-state index in [1.54, 1.807) is 24.3 Å². The van der Waals surface area contributed by atoms with Crippen LogP contribution in [0.3, 0.4) is 0 Å². The van der Waals surface area contributed by atoms with E-state index in [2.05, 4.69) is 10.3 Å². The number of aryl methyl sites for hydroxylation is 1. The lowest BCUT2D eigenvalue weighted by Crippen LogP contribution is -2.28. The zero-order valence-corrected chi connectivity index (χ0v) is 15.4. The lowest BCUT2D eigenvalue weighted by Gasteiger charge is -2.11. The highest BCUT2D eigenvalue weighted by molar-refractivity contribution is 6.32. The minimum Gasteiger partial charge on any atom is -0.456 e. The van der Waals surface area contributed by atoms with Gasteiger partial charge in [-0.3, -0.25) is 0 Å². The van der Waals surface area contributed by atoms with E-state index in [9.17, 15) is 9.59 Å². The molecule has 3 N–H and O–H groups in total. The van der Waals surface area contributed by atoms with Crippen LogP contribution < -0.4 is 11.1 Å². The number of halogens is 1. The van der Waals surface area contributed by atoms with Crippen molar-refractivity contribution >= 4 is 34.5 Å². The van der Waals surface area contributed by atoms with Gasteiger partial charge in [0.15, 0.2) is 0 Å². The van der Waals surface area contributed by atoms with E-state index in [-0.39, 0.29) is 6.61 Å². The molecule has 7 heteroatoms. The third kappa shape index (κ3) is 4.35. The molecule has 0 saturated carbocycles. The van der Waals surface area contributed by atoms with Crippen LogP contribution in [0, 0.1) is 6.92 Å². The standard InChI is InChI=1S/C20H18ClN3O3/c1-12-15-4-2-3-5-16(15)24-17(18(12)21)11-27-19(25)14-8-6-13(7-9-14)10-23-20(22)26/h2-9H,10-11H2,1H3,(H3,22,23,26). The number of benzene rings is 2. The smallest absolute Gasteiger partial charge is 0.338 e. The molecule has 2 aromatic carbocycles. The quantitative estimate of drug-likeness (QED) is 0.656. The van der Waals surface area contributed by atoms with Crippen molar-refractivity contribution in [2.24, 2.45) is 5.73 Å². The average molecular weight is 384 g/mol. The molecule has 0 atom stereocenters. The molecule has 0 aliphatic rings. The summed E-state index contributed by atoms with van der Waals surface area (Å²) >= 11 is 6.38. The lowest BCUT2D eigenvalue weighted by atomic mass is 10.1.